The summed E-state index contributed by atoms with van der Waals surface area (Å²) in [6, 6.07) is 21.3. The monoisotopic (exact) mass is 1210 g/mol. The Morgan fingerprint density at radius 3 is 1.56 bits per heavy atom. The maximum atomic E-state index is 13.3. The van der Waals surface area contributed by atoms with E-state index in [0.717, 1.165) is 47.7 Å². The van der Waals surface area contributed by atoms with Gasteiger partial charge in [0.2, 0.25) is 0 Å². The molecule has 0 spiro atoms. The smallest absolute Gasteiger partial charge is 0.160 e. The van der Waals surface area contributed by atoms with Gasteiger partial charge in [-0.2, -0.15) is 0 Å². The molecule has 12 heteroatoms. The number of hydrogen-bond donors (Lipinski definition) is 0. The Labute approximate surface area is 504 Å². The number of hydrogen-bond acceptors (Lipinski definition) is 12. The molecular formula is C65H82O2S10. The van der Waals surface area contributed by atoms with Crippen molar-refractivity contribution in [2.45, 2.75) is 214 Å². The van der Waals surface area contributed by atoms with Crippen molar-refractivity contribution >= 4 is 139 Å². The summed E-state index contributed by atoms with van der Waals surface area (Å²) in [5, 5.41) is 0.278. The molecule has 3 aliphatic carbocycles. The van der Waals surface area contributed by atoms with Crippen molar-refractivity contribution in [1.29, 1.82) is 0 Å². The zero-order valence-corrected chi connectivity index (χ0v) is 54.8. The predicted octanol–water partition coefficient (Wildman–Crippen LogP) is 23.0. The van der Waals surface area contributed by atoms with Crippen molar-refractivity contribution in [1.82, 2.24) is 0 Å². The molecule has 4 atom stereocenters. The Bertz CT molecular complexity index is 2840. The van der Waals surface area contributed by atoms with Crippen LogP contribution in [-0.4, -0.2) is 22.6 Å². The number of aldehydes is 2. The molecule has 77 heavy (non-hydrogen) atoms. The van der Waals surface area contributed by atoms with E-state index < -0.39 is 4.75 Å². The van der Waals surface area contributed by atoms with E-state index in [0.29, 0.717) is 0 Å². The summed E-state index contributed by atoms with van der Waals surface area (Å²) < 4.78 is 3.74. The number of thiophene rings is 5. The lowest BCUT2D eigenvalue weighted by atomic mass is 9.72. The molecule has 0 amide bonds. The molecule has 1 aliphatic heterocycles. The number of thioether (sulfide) groups is 5. The molecule has 0 aromatic carbocycles. The first kappa shape index (κ1) is 60.2. The minimum atomic E-state index is -0.434. The molecule has 0 radical (unpaired) electrons. The topological polar surface area (TPSA) is 34.1 Å². The molecule has 2 nitrogen and oxygen atoms in total. The van der Waals surface area contributed by atoms with E-state index in [-0.39, 0.29) is 16.6 Å². The number of rotatable bonds is 33. The van der Waals surface area contributed by atoms with Crippen LogP contribution in [0.15, 0.2) is 90.1 Å². The average Bonchev–Trinajstić information content (AvgIpc) is 4.42. The molecule has 4 aliphatic rings. The van der Waals surface area contributed by atoms with Crippen LogP contribution in [0.2, 0.25) is 0 Å². The molecule has 4 unspecified atom stereocenters. The second kappa shape index (κ2) is 29.2. The molecule has 1 saturated heterocycles. The van der Waals surface area contributed by atoms with E-state index in [2.05, 4.69) is 126 Å². The van der Waals surface area contributed by atoms with Crippen LogP contribution in [-0.2, 0) is 47.7 Å². The van der Waals surface area contributed by atoms with Gasteiger partial charge >= 0.3 is 0 Å². The summed E-state index contributed by atoms with van der Waals surface area (Å²) in [7, 11) is 0. The summed E-state index contributed by atoms with van der Waals surface area (Å²) in [5.41, 5.74) is 8.19. The zero-order chi connectivity index (χ0) is 53.8. The van der Waals surface area contributed by atoms with Crippen molar-refractivity contribution in [3.8, 4) is 0 Å². The molecule has 9 rings (SSSR count). The van der Waals surface area contributed by atoms with Gasteiger partial charge in [-0.15, -0.1) is 104 Å². The summed E-state index contributed by atoms with van der Waals surface area (Å²) in [4.78, 5) is 38.6. The van der Waals surface area contributed by atoms with Gasteiger partial charge in [0.1, 0.15) is 6.29 Å². The maximum absolute atomic E-state index is 13.3. The van der Waals surface area contributed by atoms with Crippen molar-refractivity contribution in [2.75, 3.05) is 0 Å². The molecule has 414 valence electrons. The van der Waals surface area contributed by atoms with Crippen molar-refractivity contribution < 1.29 is 9.59 Å². The van der Waals surface area contributed by atoms with E-state index in [9.17, 15) is 9.59 Å². The van der Waals surface area contributed by atoms with Gasteiger partial charge in [-0.1, -0.05) is 123 Å². The third-order valence-corrected chi connectivity index (χ3v) is 29.2. The molecule has 1 saturated carbocycles. The highest BCUT2D eigenvalue weighted by Gasteiger charge is 2.61. The minimum absolute atomic E-state index is 0.178. The minimum Gasteiger partial charge on any atom is -0.302 e. The highest BCUT2D eigenvalue weighted by molar-refractivity contribution is 8.23. The number of allylic oxidation sites excluding steroid dienone is 6. The second-order valence-electron chi connectivity index (χ2n) is 22.2. The Morgan fingerprint density at radius 1 is 0.584 bits per heavy atom. The summed E-state index contributed by atoms with van der Waals surface area (Å²) in [5.74, 6) is 3.13. The van der Waals surface area contributed by atoms with E-state index in [4.69, 9.17) is 0 Å². The van der Waals surface area contributed by atoms with Gasteiger partial charge < -0.3 is 4.79 Å². The van der Waals surface area contributed by atoms with Gasteiger partial charge in [-0.3, -0.25) is 4.79 Å². The lowest BCUT2D eigenvalue weighted by molar-refractivity contribution is -0.109. The summed E-state index contributed by atoms with van der Waals surface area (Å²) in [6.07, 6.45) is 32.0. The number of unbranched alkanes of at least 4 members (excludes halogenated alkanes) is 12. The van der Waals surface area contributed by atoms with E-state index in [1.165, 1.54) is 213 Å². The largest absolute Gasteiger partial charge is 0.302 e. The van der Waals surface area contributed by atoms with Gasteiger partial charge in [0.05, 0.1) is 18.1 Å². The van der Waals surface area contributed by atoms with Crippen molar-refractivity contribution in [3.05, 3.63) is 135 Å². The average molecular weight is 1220 g/mol. The fourth-order valence-electron chi connectivity index (χ4n) is 11.8. The molecule has 0 bridgehead atoms. The molecular weight excluding hydrogens is 1130 g/mol. The Morgan fingerprint density at radius 2 is 1.06 bits per heavy atom. The van der Waals surface area contributed by atoms with Crippen LogP contribution in [0.5, 0.6) is 0 Å². The van der Waals surface area contributed by atoms with Crippen LogP contribution >= 0.6 is 115 Å². The predicted molar refractivity (Wildman–Crippen MR) is 354 cm³/mol. The Hall–Kier alpha value is -1.45. The van der Waals surface area contributed by atoms with Crippen LogP contribution in [0.3, 0.4) is 0 Å². The first-order valence-corrected chi connectivity index (χ1v) is 37.9. The van der Waals surface area contributed by atoms with Crippen LogP contribution in [0.25, 0.3) is 11.1 Å². The lowest BCUT2D eigenvalue weighted by Gasteiger charge is -2.37. The number of aryl methyl sites for hydroxylation is 4. The standard InChI is InChI=1S/C65H82O2S10/c1-7-11-15-19-23-44-27-30-48(71-44)40-68-62(69-41-49-31-28-45(72-49)24-20-16-12-8-2)59-55-37-64(5,43-67)77-61(55)65(6)38-54-52(36-56(59)65)60-53(35-51(39-66)75-60)58(54)63(76-57-34-33-47(74-57)26-22-18-14-10-4)70-42-50-32-29-46(73-50)25-21-17-13-9-3/h27-36,39,43,55,61H,7-26,37-38,40-42H2,1-6H3/b63-58-. The van der Waals surface area contributed by atoms with E-state index in [1.807, 2.05) is 80.6 Å². The highest BCUT2D eigenvalue weighted by atomic mass is 32.2. The van der Waals surface area contributed by atoms with E-state index in [1.54, 1.807) is 11.3 Å². The summed E-state index contributed by atoms with van der Waals surface area (Å²) >= 11 is 19.8. The highest BCUT2D eigenvalue weighted by Crippen LogP contribution is 2.71. The van der Waals surface area contributed by atoms with Gasteiger partial charge in [0.15, 0.2) is 6.29 Å². The van der Waals surface area contributed by atoms with Crippen LogP contribution in [0.4, 0.5) is 0 Å². The molecule has 5 aromatic rings. The van der Waals surface area contributed by atoms with Crippen molar-refractivity contribution in [3.63, 3.8) is 0 Å². The van der Waals surface area contributed by atoms with Gasteiger partial charge in [-0.25, -0.2) is 0 Å². The van der Waals surface area contributed by atoms with Gasteiger partial charge in [0, 0.05) is 88.2 Å². The fourth-order valence-corrected chi connectivity index (χ4v) is 24.4. The van der Waals surface area contributed by atoms with E-state index >= 15 is 0 Å². The first-order valence-electron chi connectivity index (χ1n) is 29.1. The van der Waals surface area contributed by atoms with Crippen LogP contribution < -0.4 is 0 Å². The Kier molecular flexibility index (Phi) is 22.8. The number of carbonyl (C=O) groups is 2. The molecule has 0 N–H and O–H groups in total. The number of carbonyl (C=O) groups excluding carboxylic acids is 2. The first-order chi connectivity index (χ1) is 37.6. The summed E-state index contributed by atoms with van der Waals surface area (Å²) in [6.45, 7) is 14.0. The quantitative estimate of drug-likeness (QED) is 0.0235. The maximum Gasteiger partial charge on any atom is 0.160 e. The van der Waals surface area contributed by atoms with Crippen LogP contribution in [0, 0.1) is 11.3 Å². The third kappa shape index (κ3) is 15.0. The fraction of sp³-hybridized carbons (Fsp3) is 0.538. The zero-order valence-electron chi connectivity index (χ0n) is 46.7. The van der Waals surface area contributed by atoms with Crippen LogP contribution in [0.1, 0.15) is 211 Å². The molecule has 2 fully saturated rings. The van der Waals surface area contributed by atoms with Gasteiger partial charge in [0.25, 0.3) is 0 Å². The molecule has 6 heterocycles. The third-order valence-electron chi connectivity index (χ3n) is 15.9. The SMILES string of the molecule is CCCCCCc1ccc(CSC(SCc2ccc(CCCCCC)s2)=C2C3=CC4=C(CC3(C)C3SC(C)(C=O)CC23)/C(=C(/SCc2ccc(CCCCCC)s2)Sc2ccc(CCCCCC)s2)c2cc(C=O)sc24)s1. The molecule has 5 aromatic heterocycles. The Balaban J connectivity index is 1.12. The van der Waals surface area contributed by atoms with Crippen molar-refractivity contribution in [2.24, 2.45) is 11.3 Å². The normalized spacial score (nSPS) is 21.2. The second-order valence-corrected chi connectivity index (χ2v) is 34.7. The van der Waals surface area contributed by atoms with Gasteiger partial charge in [-0.05, 0) is 154 Å². The number of fused-ring (bicyclic) bond motifs is 5. The lowest BCUT2D eigenvalue weighted by Crippen LogP contribution is -2.30.